The van der Waals surface area contributed by atoms with Crippen molar-refractivity contribution < 1.29 is 23.2 Å². The summed E-state index contributed by atoms with van der Waals surface area (Å²) in [6, 6.07) is 36.8. The molecule has 5 nitrogen and oxygen atoms in total. The standard InChI is InChI=1S/C20H18O2.C6H6.C4H8.CH4O3S/c1-20(15-5-3-2-4-6-15,16-7-11-18(21)12-8-16)17-9-13-19(22)14-10-17;1-2-4-6-5-3-1;1-4(2)3;1-5(2,3)4/h2-14,21-22H,1H3;1-6H;1H2,2-3H3;1H3,(H,2,3,4). The van der Waals surface area contributed by atoms with E-state index < -0.39 is 10.1 Å². The SMILES string of the molecule is C=C(C)C.CC(c1ccccc1)(c1ccc(O)cc1)c1ccc(O)cc1.CS(=O)(=O)O.c1ccccc1. The highest BCUT2D eigenvalue weighted by molar-refractivity contribution is 7.85. The smallest absolute Gasteiger partial charge is 0.261 e. The fourth-order valence-electron chi connectivity index (χ4n) is 3.25. The van der Waals surface area contributed by atoms with E-state index in [1.807, 2.05) is 92.7 Å². The number of hydrogen-bond acceptors (Lipinski definition) is 4. The van der Waals surface area contributed by atoms with E-state index in [0.29, 0.717) is 6.26 Å². The average Bonchev–Trinajstić information content (AvgIpc) is 2.85. The summed E-state index contributed by atoms with van der Waals surface area (Å²) in [5, 5.41) is 19.1. The zero-order chi connectivity index (χ0) is 27.9. The lowest BCUT2D eigenvalue weighted by molar-refractivity contribution is 0.474. The van der Waals surface area contributed by atoms with Crippen LogP contribution >= 0.6 is 0 Å². The van der Waals surface area contributed by atoms with Gasteiger partial charge in [0.2, 0.25) is 0 Å². The maximum absolute atomic E-state index is 9.57. The Balaban J connectivity index is 0.000000372. The van der Waals surface area contributed by atoms with Crippen molar-refractivity contribution >= 4 is 10.1 Å². The summed E-state index contributed by atoms with van der Waals surface area (Å²) in [4.78, 5) is 0. The summed E-state index contributed by atoms with van der Waals surface area (Å²) in [5.41, 5.74) is 4.14. The Morgan fingerprint density at radius 2 is 0.838 bits per heavy atom. The normalized spacial score (nSPS) is 10.3. The summed E-state index contributed by atoms with van der Waals surface area (Å²) < 4.78 is 25.9. The lowest BCUT2D eigenvalue weighted by atomic mass is 9.71. The van der Waals surface area contributed by atoms with E-state index in [-0.39, 0.29) is 16.9 Å². The zero-order valence-electron chi connectivity index (χ0n) is 21.7. The second kappa shape index (κ2) is 15.3. The molecule has 4 aromatic rings. The van der Waals surface area contributed by atoms with Crippen LogP contribution in [0, 0.1) is 0 Å². The molecule has 196 valence electrons. The maximum atomic E-state index is 9.57. The van der Waals surface area contributed by atoms with Gasteiger partial charge < -0.3 is 10.2 Å². The zero-order valence-corrected chi connectivity index (χ0v) is 22.6. The van der Waals surface area contributed by atoms with E-state index in [1.54, 1.807) is 24.3 Å². The highest BCUT2D eigenvalue weighted by Crippen LogP contribution is 2.39. The lowest BCUT2D eigenvalue weighted by Gasteiger charge is -2.32. The van der Waals surface area contributed by atoms with Crippen LogP contribution in [0.4, 0.5) is 0 Å². The monoisotopic (exact) mass is 520 g/mol. The molecule has 37 heavy (non-hydrogen) atoms. The first-order valence-electron chi connectivity index (χ1n) is 11.5. The first-order valence-corrected chi connectivity index (χ1v) is 13.4. The van der Waals surface area contributed by atoms with Crippen LogP contribution in [0.15, 0.2) is 127 Å². The molecule has 0 aliphatic carbocycles. The van der Waals surface area contributed by atoms with Gasteiger partial charge in [0.15, 0.2) is 0 Å². The molecule has 0 fully saturated rings. The number of phenols is 2. The highest BCUT2D eigenvalue weighted by Gasteiger charge is 2.30. The van der Waals surface area contributed by atoms with Gasteiger partial charge in [0, 0.05) is 5.41 Å². The number of benzene rings is 4. The van der Waals surface area contributed by atoms with Crippen molar-refractivity contribution in [2.75, 3.05) is 6.26 Å². The molecule has 0 bridgehead atoms. The van der Waals surface area contributed by atoms with Gasteiger partial charge >= 0.3 is 0 Å². The molecular formula is C31H36O5S. The van der Waals surface area contributed by atoms with Gasteiger partial charge in [-0.2, -0.15) is 8.42 Å². The predicted molar refractivity (Wildman–Crippen MR) is 153 cm³/mol. The van der Waals surface area contributed by atoms with Crippen LogP contribution in [0.5, 0.6) is 11.5 Å². The maximum Gasteiger partial charge on any atom is 0.261 e. The van der Waals surface area contributed by atoms with Crippen LogP contribution in [0.3, 0.4) is 0 Å². The summed E-state index contributed by atoms with van der Waals surface area (Å²) in [7, 11) is -3.67. The van der Waals surface area contributed by atoms with E-state index in [4.69, 9.17) is 4.55 Å². The van der Waals surface area contributed by atoms with Crippen molar-refractivity contribution in [3.05, 3.63) is 144 Å². The minimum atomic E-state index is -3.67. The third-order valence-electron chi connectivity index (χ3n) is 4.91. The van der Waals surface area contributed by atoms with Gasteiger partial charge in [0.25, 0.3) is 10.1 Å². The summed E-state index contributed by atoms with van der Waals surface area (Å²) in [6.45, 7) is 9.65. The molecule has 6 heteroatoms. The Bertz CT molecular complexity index is 1200. The highest BCUT2D eigenvalue weighted by atomic mass is 32.2. The number of allylic oxidation sites excluding steroid dienone is 1. The Morgan fingerprint density at radius 1 is 0.622 bits per heavy atom. The van der Waals surface area contributed by atoms with E-state index in [9.17, 15) is 18.6 Å². The molecule has 0 atom stereocenters. The first kappa shape index (κ1) is 31.2. The molecule has 3 N–H and O–H groups in total. The molecule has 0 radical (unpaired) electrons. The Kier molecular flexibility index (Phi) is 12.9. The second-order valence-electron chi connectivity index (χ2n) is 8.68. The number of rotatable bonds is 3. The van der Waals surface area contributed by atoms with E-state index >= 15 is 0 Å². The molecule has 0 aliphatic heterocycles. The minimum absolute atomic E-state index is 0.255. The van der Waals surface area contributed by atoms with Gasteiger partial charge in [-0.15, -0.1) is 6.58 Å². The predicted octanol–water partition coefficient (Wildman–Crippen LogP) is 7.23. The van der Waals surface area contributed by atoms with Crippen LogP contribution in [0.25, 0.3) is 0 Å². The number of phenolic OH excluding ortho intramolecular Hbond substituents is 2. The third-order valence-corrected chi connectivity index (χ3v) is 4.91. The van der Waals surface area contributed by atoms with E-state index in [2.05, 4.69) is 25.6 Å². The molecule has 0 aromatic heterocycles. The number of aromatic hydroxyl groups is 2. The summed E-state index contributed by atoms with van der Waals surface area (Å²) >= 11 is 0. The van der Waals surface area contributed by atoms with Gasteiger partial charge in [-0.3, -0.25) is 4.55 Å². The van der Waals surface area contributed by atoms with E-state index in [1.165, 1.54) is 5.57 Å². The quantitative estimate of drug-likeness (QED) is 0.151. The molecule has 0 heterocycles. The van der Waals surface area contributed by atoms with Crippen molar-refractivity contribution in [2.45, 2.75) is 26.2 Å². The summed E-state index contributed by atoms with van der Waals surface area (Å²) in [6.07, 6.45) is 0.715. The van der Waals surface area contributed by atoms with Crippen LogP contribution < -0.4 is 0 Å². The molecule has 0 unspecified atom stereocenters. The fourth-order valence-corrected chi connectivity index (χ4v) is 3.25. The Morgan fingerprint density at radius 3 is 1.11 bits per heavy atom. The molecule has 0 amide bonds. The molecule has 0 saturated carbocycles. The van der Waals surface area contributed by atoms with Crippen molar-refractivity contribution in [2.24, 2.45) is 0 Å². The van der Waals surface area contributed by atoms with Gasteiger partial charge in [-0.25, -0.2) is 0 Å². The van der Waals surface area contributed by atoms with Crippen LogP contribution in [-0.4, -0.2) is 29.4 Å². The van der Waals surface area contributed by atoms with E-state index in [0.717, 1.165) is 16.7 Å². The Hall–Kier alpha value is -3.87. The summed E-state index contributed by atoms with van der Waals surface area (Å²) in [5.74, 6) is 0.509. The van der Waals surface area contributed by atoms with Gasteiger partial charge in [-0.05, 0) is 61.7 Å². The second-order valence-corrected chi connectivity index (χ2v) is 10.1. The Labute approximate surface area is 221 Å². The van der Waals surface area contributed by atoms with Gasteiger partial charge in [-0.1, -0.05) is 96.6 Å². The first-order chi connectivity index (χ1) is 17.3. The van der Waals surface area contributed by atoms with Crippen molar-refractivity contribution in [3.63, 3.8) is 0 Å². The van der Waals surface area contributed by atoms with Crippen molar-refractivity contribution in [3.8, 4) is 11.5 Å². The topological polar surface area (TPSA) is 94.8 Å². The minimum Gasteiger partial charge on any atom is -0.508 e. The van der Waals surface area contributed by atoms with Crippen LogP contribution in [0.1, 0.15) is 37.5 Å². The van der Waals surface area contributed by atoms with Crippen LogP contribution in [0.2, 0.25) is 0 Å². The molecule has 0 saturated heterocycles. The molecule has 0 spiro atoms. The molecule has 0 aliphatic rings. The van der Waals surface area contributed by atoms with Gasteiger partial charge in [0.05, 0.1) is 6.26 Å². The third kappa shape index (κ3) is 12.6. The molecule has 4 rings (SSSR count). The fraction of sp³-hybridized carbons (Fsp3) is 0.161. The molecule has 4 aromatic carbocycles. The average molecular weight is 521 g/mol. The molecular weight excluding hydrogens is 484 g/mol. The lowest BCUT2D eigenvalue weighted by Crippen LogP contribution is -2.25. The van der Waals surface area contributed by atoms with Gasteiger partial charge in [0.1, 0.15) is 11.5 Å². The number of hydrogen-bond donors (Lipinski definition) is 3. The van der Waals surface area contributed by atoms with Crippen molar-refractivity contribution in [1.82, 2.24) is 0 Å². The van der Waals surface area contributed by atoms with Crippen molar-refractivity contribution in [1.29, 1.82) is 0 Å². The largest absolute Gasteiger partial charge is 0.508 e. The van der Waals surface area contributed by atoms with Crippen LogP contribution in [-0.2, 0) is 15.5 Å².